The molecule has 1 unspecified atom stereocenters. The molecule has 2 N–H and O–H groups in total. The number of benzene rings is 1. The van der Waals surface area contributed by atoms with Gasteiger partial charge >= 0.3 is 0 Å². The molecule has 0 radical (unpaired) electrons. The van der Waals surface area contributed by atoms with Crippen molar-refractivity contribution in [2.45, 2.75) is 19.6 Å². The Bertz CT molecular complexity index is 363. The molecule has 1 aromatic carbocycles. The molecule has 2 rings (SSSR count). The molecule has 1 saturated heterocycles. The number of rotatable bonds is 7. The van der Waals surface area contributed by atoms with Crippen molar-refractivity contribution in [1.82, 2.24) is 9.80 Å². The zero-order valence-electron chi connectivity index (χ0n) is 12.5. The van der Waals surface area contributed by atoms with E-state index in [0.717, 1.165) is 45.9 Å². The first-order chi connectivity index (χ1) is 9.81. The lowest BCUT2D eigenvalue weighted by molar-refractivity contribution is 0.0235. The van der Waals surface area contributed by atoms with Gasteiger partial charge in [-0.1, -0.05) is 30.3 Å². The van der Waals surface area contributed by atoms with E-state index < -0.39 is 0 Å². The normalized spacial score (nSPS) is 19.1. The molecule has 0 amide bonds. The molecule has 4 heteroatoms. The van der Waals surface area contributed by atoms with Gasteiger partial charge in [0.25, 0.3) is 0 Å². The highest BCUT2D eigenvalue weighted by atomic mass is 16.5. The van der Waals surface area contributed by atoms with Crippen LogP contribution in [0.1, 0.15) is 12.5 Å². The van der Waals surface area contributed by atoms with Crippen molar-refractivity contribution < 1.29 is 4.74 Å². The molecule has 4 nitrogen and oxygen atoms in total. The molecular formula is C16H27N3O. The smallest absolute Gasteiger partial charge is 0.0823 e. The Morgan fingerprint density at radius 3 is 2.35 bits per heavy atom. The van der Waals surface area contributed by atoms with Gasteiger partial charge < -0.3 is 10.5 Å². The molecule has 0 spiro atoms. The maximum Gasteiger partial charge on any atom is 0.0823 e. The molecule has 0 bridgehead atoms. The molecule has 1 aliphatic heterocycles. The third-order valence-electron chi connectivity index (χ3n) is 3.84. The number of hydrogen-bond donors (Lipinski definition) is 1. The summed E-state index contributed by atoms with van der Waals surface area (Å²) in [4.78, 5) is 4.98. The molecule has 0 aliphatic carbocycles. The zero-order chi connectivity index (χ0) is 14.2. The summed E-state index contributed by atoms with van der Waals surface area (Å²) in [6.45, 7) is 9.86. The number of piperazine rings is 1. The van der Waals surface area contributed by atoms with Gasteiger partial charge in [-0.15, -0.1) is 0 Å². The molecule has 1 aliphatic rings. The van der Waals surface area contributed by atoms with Gasteiger partial charge in [-0.3, -0.25) is 9.80 Å². The van der Waals surface area contributed by atoms with E-state index in [1.54, 1.807) is 0 Å². The SMILES string of the molecule is CCOC(CN)CN1CCN(Cc2ccccc2)CC1. The van der Waals surface area contributed by atoms with Crippen LogP contribution >= 0.6 is 0 Å². The third kappa shape index (κ3) is 4.87. The van der Waals surface area contributed by atoms with Gasteiger partial charge in [0.15, 0.2) is 0 Å². The summed E-state index contributed by atoms with van der Waals surface area (Å²) in [7, 11) is 0. The Hall–Kier alpha value is -0.940. The van der Waals surface area contributed by atoms with Crippen LogP contribution < -0.4 is 5.73 Å². The van der Waals surface area contributed by atoms with Gasteiger partial charge in [0, 0.05) is 52.4 Å². The lowest BCUT2D eigenvalue weighted by atomic mass is 10.2. The van der Waals surface area contributed by atoms with Crippen LogP contribution in [-0.2, 0) is 11.3 Å². The molecule has 1 heterocycles. The van der Waals surface area contributed by atoms with Crippen molar-refractivity contribution in [1.29, 1.82) is 0 Å². The number of hydrogen-bond acceptors (Lipinski definition) is 4. The highest BCUT2D eigenvalue weighted by Gasteiger charge is 2.19. The average Bonchev–Trinajstić information content (AvgIpc) is 2.50. The first-order valence-corrected chi connectivity index (χ1v) is 7.62. The van der Waals surface area contributed by atoms with E-state index in [1.165, 1.54) is 5.56 Å². The van der Waals surface area contributed by atoms with Crippen LogP contribution in [0.2, 0.25) is 0 Å². The number of ether oxygens (including phenoxy) is 1. The minimum Gasteiger partial charge on any atom is -0.376 e. The fourth-order valence-corrected chi connectivity index (χ4v) is 2.69. The molecule has 1 fully saturated rings. The zero-order valence-corrected chi connectivity index (χ0v) is 12.5. The average molecular weight is 277 g/mol. The minimum absolute atomic E-state index is 0.181. The van der Waals surface area contributed by atoms with Crippen molar-refractivity contribution >= 4 is 0 Å². The van der Waals surface area contributed by atoms with Crippen LogP contribution in [0.15, 0.2) is 30.3 Å². The summed E-state index contributed by atoms with van der Waals surface area (Å²) < 4.78 is 5.64. The molecule has 112 valence electrons. The van der Waals surface area contributed by atoms with E-state index in [9.17, 15) is 0 Å². The van der Waals surface area contributed by atoms with Crippen LogP contribution in [0.3, 0.4) is 0 Å². The van der Waals surface area contributed by atoms with Gasteiger partial charge in [0.1, 0.15) is 0 Å². The predicted octanol–water partition coefficient (Wildman–Crippen LogP) is 1.17. The number of nitrogens with two attached hydrogens (primary N) is 1. The predicted molar refractivity (Wildman–Crippen MR) is 82.6 cm³/mol. The fourth-order valence-electron chi connectivity index (χ4n) is 2.69. The van der Waals surface area contributed by atoms with Crippen LogP contribution in [0.5, 0.6) is 0 Å². The molecule has 20 heavy (non-hydrogen) atoms. The van der Waals surface area contributed by atoms with Crippen LogP contribution in [-0.4, -0.2) is 61.8 Å². The van der Waals surface area contributed by atoms with Gasteiger partial charge in [0.2, 0.25) is 0 Å². The summed E-state index contributed by atoms with van der Waals surface area (Å²) in [5.74, 6) is 0. The summed E-state index contributed by atoms with van der Waals surface area (Å²) in [6.07, 6.45) is 0.181. The van der Waals surface area contributed by atoms with E-state index >= 15 is 0 Å². The molecule has 1 atom stereocenters. The van der Waals surface area contributed by atoms with Crippen LogP contribution in [0.4, 0.5) is 0 Å². The Morgan fingerprint density at radius 1 is 1.10 bits per heavy atom. The standard InChI is InChI=1S/C16H27N3O/c1-2-20-16(12-17)14-19-10-8-18(9-11-19)13-15-6-4-3-5-7-15/h3-7,16H,2,8-14,17H2,1H3. The van der Waals surface area contributed by atoms with E-state index in [-0.39, 0.29) is 6.10 Å². The van der Waals surface area contributed by atoms with Crippen molar-refractivity contribution in [2.75, 3.05) is 45.9 Å². The van der Waals surface area contributed by atoms with Crippen LogP contribution in [0, 0.1) is 0 Å². The maximum absolute atomic E-state index is 5.74. The fraction of sp³-hybridized carbons (Fsp3) is 0.625. The molecule has 0 saturated carbocycles. The van der Waals surface area contributed by atoms with Crippen LogP contribution in [0.25, 0.3) is 0 Å². The topological polar surface area (TPSA) is 41.7 Å². The monoisotopic (exact) mass is 277 g/mol. The quantitative estimate of drug-likeness (QED) is 0.812. The summed E-state index contributed by atoms with van der Waals surface area (Å²) >= 11 is 0. The largest absolute Gasteiger partial charge is 0.376 e. The second kappa shape index (κ2) is 8.37. The van der Waals surface area contributed by atoms with Crippen molar-refractivity contribution in [2.24, 2.45) is 5.73 Å². The van der Waals surface area contributed by atoms with Gasteiger partial charge in [-0.25, -0.2) is 0 Å². The van der Waals surface area contributed by atoms with Gasteiger partial charge in [-0.05, 0) is 12.5 Å². The van der Waals surface area contributed by atoms with Crippen molar-refractivity contribution in [3.63, 3.8) is 0 Å². The maximum atomic E-state index is 5.74. The van der Waals surface area contributed by atoms with Gasteiger partial charge in [0.05, 0.1) is 6.10 Å². The first-order valence-electron chi connectivity index (χ1n) is 7.62. The second-order valence-electron chi connectivity index (χ2n) is 5.38. The summed E-state index contributed by atoms with van der Waals surface area (Å²) in [5, 5.41) is 0. The van der Waals surface area contributed by atoms with E-state index in [1.807, 2.05) is 6.92 Å². The highest BCUT2D eigenvalue weighted by molar-refractivity contribution is 5.14. The van der Waals surface area contributed by atoms with Crippen molar-refractivity contribution in [3.8, 4) is 0 Å². The lowest BCUT2D eigenvalue weighted by Gasteiger charge is -2.36. The Kier molecular flexibility index (Phi) is 6.47. The summed E-state index contributed by atoms with van der Waals surface area (Å²) in [5.41, 5.74) is 7.14. The highest BCUT2D eigenvalue weighted by Crippen LogP contribution is 2.09. The Balaban J connectivity index is 1.72. The Morgan fingerprint density at radius 2 is 1.75 bits per heavy atom. The molecule has 0 aromatic heterocycles. The van der Waals surface area contributed by atoms with Gasteiger partial charge in [-0.2, -0.15) is 0 Å². The molecule has 1 aromatic rings. The second-order valence-corrected chi connectivity index (χ2v) is 5.38. The third-order valence-corrected chi connectivity index (χ3v) is 3.84. The van der Waals surface area contributed by atoms with E-state index in [0.29, 0.717) is 6.54 Å². The number of nitrogens with zero attached hydrogens (tertiary/aromatic N) is 2. The molecular weight excluding hydrogens is 250 g/mol. The summed E-state index contributed by atoms with van der Waals surface area (Å²) in [6, 6.07) is 10.7. The van der Waals surface area contributed by atoms with E-state index in [2.05, 4.69) is 40.1 Å². The van der Waals surface area contributed by atoms with E-state index in [4.69, 9.17) is 10.5 Å². The first kappa shape index (κ1) is 15.4. The minimum atomic E-state index is 0.181. The Labute approximate surface area is 122 Å². The lowest BCUT2D eigenvalue weighted by Crippen LogP contribution is -2.49. The van der Waals surface area contributed by atoms with Crippen molar-refractivity contribution in [3.05, 3.63) is 35.9 Å².